The molecule has 0 aliphatic carbocycles. The second-order valence-electron chi connectivity index (χ2n) is 7.34. The first-order valence-electron chi connectivity index (χ1n) is 9.56. The van der Waals surface area contributed by atoms with E-state index in [0.717, 1.165) is 27.1 Å². The molecule has 4 rings (SSSR count). The molecule has 1 aliphatic heterocycles. The Bertz CT molecular complexity index is 1180. The van der Waals surface area contributed by atoms with E-state index in [2.05, 4.69) is 0 Å². The van der Waals surface area contributed by atoms with Crippen molar-refractivity contribution in [1.29, 1.82) is 0 Å². The van der Waals surface area contributed by atoms with E-state index in [1.807, 2.05) is 63.2 Å². The second kappa shape index (κ2) is 8.13. The molecule has 0 fully saturated rings. The van der Waals surface area contributed by atoms with Crippen LogP contribution in [-0.2, 0) is 9.59 Å². The van der Waals surface area contributed by atoms with Crippen molar-refractivity contribution in [3.05, 3.63) is 98.9 Å². The summed E-state index contributed by atoms with van der Waals surface area (Å²) in [6, 6.07) is 20.5. The van der Waals surface area contributed by atoms with Crippen LogP contribution in [0.15, 0.2) is 76.5 Å². The smallest absolute Gasteiger partial charge is 0.268 e. The number of imide groups is 1. The van der Waals surface area contributed by atoms with E-state index in [1.165, 1.54) is 16.7 Å². The highest BCUT2D eigenvalue weighted by Crippen LogP contribution is 2.41. The summed E-state index contributed by atoms with van der Waals surface area (Å²) < 4.78 is 0. The van der Waals surface area contributed by atoms with Crippen LogP contribution in [0.3, 0.4) is 0 Å². The Morgan fingerprint density at radius 1 is 0.767 bits per heavy atom. The predicted octanol–water partition coefficient (Wildman–Crippen LogP) is 6.34. The van der Waals surface area contributed by atoms with Gasteiger partial charge in [-0.2, -0.15) is 0 Å². The molecule has 0 saturated carbocycles. The maximum absolute atomic E-state index is 13.5. The van der Waals surface area contributed by atoms with Gasteiger partial charge in [0.2, 0.25) is 0 Å². The van der Waals surface area contributed by atoms with Gasteiger partial charge in [0, 0.05) is 9.92 Å². The molecule has 0 aromatic heterocycles. The average Bonchev–Trinajstić information content (AvgIpc) is 2.96. The molecule has 3 aromatic carbocycles. The molecule has 30 heavy (non-hydrogen) atoms. The molecule has 150 valence electrons. The van der Waals surface area contributed by atoms with E-state index in [0.29, 0.717) is 21.2 Å². The van der Waals surface area contributed by atoms with Gasteiger partial charge < -0.3 is 0 Å². The molecule has 0 radical (unpaired) electrons. The van der Waals surface area contributed by atoms with Gasteiger partial charge in [-0.3, -0.25) is 9.59 Å². The Morgan fingerprint density at radius 2 is 1.43 bits per heavy atom. The summed E-state index contributed by atoms with van der Waals surface area (Å²) in [7, 11) is 0. The van der Waals surface area contributed by atoms with E-state index in [4.69, 9.17) is 11.6 Å². The largest absolute Gasteiger partial charge is 0.272 e. The summed E-state index contributed by atoms with van der Waals surface area (Å²) in [6.45, 7) is 6.00. The quantitative estimate of drug-likeness (QED) is 0.450. The number of hydrogen-bond donors (Lipinski definition) is 0. The summed E-state index contributed by atoms with van der Waals surface area (Å²) >= 11 is 7.30. The molecule has 0 bridgehead atoms. The van der Waals surface area contributed by atoms with E-state index in [1.54, 1.807) is 24.3 Å². The van der Waals surface area contributed by atoms with Gasteiger partial charge >= 0.3 is 0 Å². The summed E-state index contributed by atoms with van der Waals surface area (Å²) in [6.07, 6.45) is 0. The first-order valence-corrected chi connectivity index (χ1v) is 10.8. The third-order valence-electron chi connectivity index (χ3n) is 5.16. The molecule has 3 nitrogen and oxygen atoms in total. The molecular formula is C25H20ClNO2S. The number of rotatable bonds is 4. The molecule has 0 atom stereocenters. The highest BCUT2D eigenvalue weighted by molar-refractivity contribution is 8.04. The number of benzene rings is 3. The van der Waals surface area contributed by atoms with Crippen LogP contribution in [0.4, 0.5) is 5.69 Å². The van der Waals surface area contributed by atoms with Crippen molar-refractivity contribution < 1.29 is 9.59 Å². The van der Waals surface area contributed by atoms with Gasteiger partial charge in [-0.25, -0.2) is 4.90 Å². The fourth-order valence-electron chi connectivity index (χ4n) is 3.30. The van der Waals surface area contributed by atoms with Gasteiger partial charge in [0.15, 0.2) is 0 Å². The van der Waals surface area contributed by atoms with Crippen LogP contribution in [0.1, 0.15) is 22.3 Å². The Balaban J connectivity index is 1.83. The van der Waals surface area contributed by atoms with Crippen LogP contribution in [0, 0.1) is 20.8 Å². The van der Waals surface area contributed by atoms with Gasteiger partial charge in [0.25, 0.3) is 11.8 Å². The van der Waals surface area contributed by atoms with E-state index < -0.39 is 0 Å². The lowest BCUT2D eigenvalue weighted by atomic mass is 10.0. The molecule has 5 heteroatoms. The zero-order chi connectivity index (χ0) is 21.4. The Morgan fingerprint density at radius 3 is 2.07 bits per heavy atom. The van der Waals surface area contributed by atoms with Crippen LogP contribution in [-0.4, -0.2) is 11.8 Å². The number of carbonyl (C=O) groups excluding carboxylic acids is 2. The zero-order valence-corrected chi connectivity index (χ0v) is 18.5. The molecule has 2 amide bonds. The number of anilines is 1. The Kier molecular flexibility index (Phi) is 5.54. The van der Waals surface area contributed by atoms with E-state index in [9.17, 15) is 9.59 Å². The number of hydrogen-bond acceptors (Lipinski definition) is 3. The van der Waals surface area contributed by atoms with Gasteiger partial charge in [0.05, 0.1) is 16.2 Å². The number of amides is 2. The standard InChI is InChI=1S/C25H20ClNO2S/c1-15-4-10-20(11-5-15)27-24(28)22(18-7-6-16(2)17(3)14-18)23(25(27)29)30-21-12-8-19(26)9-13-21/h4-14H,1-3H3. The van der Waals surface area contributed by atoms with Crippen molar-refractivity contribution >= 4 is 46.4 Å². The lowest BCUT2D eigenvalue weighted by Gasteiger charge is -2.15. The van der Waals surface area contributed by atoms with Crippen LogP contribution in [0.25, 0.3) is 5.57 Å². The van der Waals surface area contributed by atoms with Crippen LogP contribution < -0.4 is 4.90 Å². The summed E-state index contributed by atoms with van der Waals surface area (Å²) in [5.41, 5.74) is 5.04. The lowest BCUT2D eigenvalue weighted by Crippen LogP contribution is -2.31. The van der Waals surface area contributed by atoms with E-state index >= 15 is 0 Å². The van der Waals surface area contributed by atoms with Crippen molar-refractivity contribution in [3.63, 3.8) is 0 Å². The molecule has 3 aromatic rings. The monoisotopic (exact) mass is 433 g/mol. The van der Waals surface area contributed by atoms with Crippen molar-refractivity contribution in [1.82, 2.24) is 0 Å². The number of nitrogens with zero attached hydrogens (tertiary/aromatic N) is 1. The number of carbonyl (C=O) groups is 2. The Hall–Kier alpha value is -2.82. The normalized spacial score (nSPS) is 14.1. The van der Waals surface area contributed by atoms with Gasteiger partial charge in [-0.05, 0) is 73.9 Å². The minimum absolute atomic E-state index is 0.302. The predicted molar refractivity (Wildman–Crippen MR) is 124 cm³/mol. The molecule has 0 spiro atoms. The van der Waals surface area contributed by atoms with Gasteiger partial charge in [-0.1, -0.05) is 59.3 Å². The van der Waals surface area contributed by atoms with E-state index in [-0.39, 0.29) is 11.8 Å². The topological polar surface area (TPSA) is 37.4 Å². The maximum Gasteiger partial charge on any atom is 0.272 e. The lowest BCUT2D eigenvalue weighted by molar-refractivity contribution is -0.119. The number of halogens is 1. The second-order valence-corrected chi connectivity index (χ2v) is 8.86. The first-order chi connectivity index (χ1) is 14.3. The van der Waals surface area contributed by atoms with Crippen molar-refractivity contribution in [3.8, 4) is 0 Å². The van der Waals surface area contributed by atoms with Crippen molar-refractivity contribution in [2.24, 2.45) is 0 Å². The van der Waals surface area contributed by atoms with Crippen LogP contribution in [0.2, 0.25) is 5.02 Å². The highest BCUT2D eigenvalue weighted by Gasteiger charge is 2.40. The Labute approximate surface area is 185 Å². The van der Waals surface area contributed by atoms with Crippen LogP contribution >= 0.6 is 23.4 Å². The molecule has 0 unspecified atom stereocenters. The maximum atomic E-state index is 13.5. The van der Waals surface area contributed by atoms with Gasteiger partial charge in [-0.15, -0.1) is 0 Å². The third kappa shape index (κ3) is 3.81. The highest BCUT2D eigenvalue weighted by atomic mass is 35.5. The summed E-state index contributed by atoms with van der Waals surface area (Å²) in [5, 5.41) is 0.623. The number of aryl methyl sites for hydroxylation is 3. The fourth-order valence-corrected chi connectivity index (χ4v) is 4.42. The van der Waals surface area contributed by atoms with Crippen molar-refractivity contribution in [2.45, 2.75) is 25.7 Å². The SMILES string of the molecule is Cc1ccc(N2C(=O)C(Sc3ccc(Cl)cc3)=C(c3ccc(C)c(C)c3)C2=O)cc1. The molecule has 1 aliphatic rings. The third-order valence-corrected chi connectivity index (χ3v) is 6.51. The summed E-state index contributed by atoms with van der Waals surface area (Å²) in [5.74, 6) is -0.611. The zero-order valence-electron chi connectivity index (χ0n) is 16.9. The van der Waals surface area contributed by atoms with Crippen LogP contribution in [0.5, 0.6) is 0 Å². The summed E-state index contributed by atoms with van der Waals surface area (Å²) in [4.78, 5) is 29.4. The minimum Gasteiger partial charge on any atom is -0.268 e. The van der Waals surface area contributed by atoms with Crippen molar-refractivity contribution in [2.75, 3.05) is 4.90 Å². The first kappa shape index (κ1) is 20.5. The van der Waals surface area contributed by atoms with Gasteiger partial charge in [0.1, 0.15) is 0 Å². The molecule has 1 heterocycles. The molecular weight excluding hydrogens is 414 g/mol. The fraction of sp³-hybridized carbons (Fsp3) is 0.120. The molecule has 0 N–H and O–H groups in total. The minimum atomic E-state index is -0.308. The molecule has 0 saturated heterocycles. The number of thioether (sulfide) groups is 1. The average molecular weight is 434 g/mol.